The third kappa shape index (κ3) is 1.71. The molecule has 3 saturated heterocycles. The zero-order valence-corrected chi connectivity index (χ0v) is 10.2. The van der Waals surface area contributed by atoms with Crippen LogP contribution in [0, 0.1) is 0 Å². The van der Waals surface area contributed by atoms with Crippen molar-refractivity contribution in [1.82, 2.24) is 0 Å². The zero-order chi connectivity index (χ0) is 12.3. The molecule has 6 nitrogen and oxygen atoms in total. The van der Waals surface area contributed by atoms with Gasteiger partial charge >= 0.3 is 0 Å². The lowest BCUT2D eigenvalue weighted by Gasteiger charge is -2.40. The summed E-state index contributed by atoms with van der Waals surface area (Å²) in [6, 6.07) is 0. The third-order valence-corrected chi connectivity index (χ3v) is 3.42. The van der Waals surface area contributed by atoms with Crippen LogP contribution in [-0.2, 0) is 23.7 Å². The van der Waals surface area contributed by atoms with Crippen molar-refractivity contribution >= 4 is 0 Å². The van der Waals surface area contributed by atoms with Crippen molar-refractivity contribution in [3.63, 3.8) is 0 Å². The third-order valence-electron chi connectivity index (χ3n) is 3.42. The molecule has 3 heterocycles. The Labute approximate surface area is 99.7 Å². The Hall–Kier alpha value is -0.240. The van der Waals surface area contributed by atoms with E-state index in [1.165, 1.54) is 0 Å². The second-order valence-electron chi connectivity index (χ2n) is 5.24. The summed E-state index contributed by atoms with van der Waals surface area (Å²) >= 11 is 0. The van der Waals surface area contributed by atoms with Crippen LogP contribution in [0.4, 0.5) is 0 Å². The minimum absolute atomic E-state index is 0.176. The molecule has 1 N–H and O–H groups in total. The van der Waals surface area contributed by atoms with E-state index in [0.717, 1.165) is 0 Å². The smallest absolute Gasteiger partial charge is 0.190 e. The van der Waals surface area contributed by atoms with E-state index in [9.17, 15) is 5.11 Å². The first-order valence-electron chi connectivity index (χ1n) is 5.87. The lowest BCUT2D eigenvalue weighted by atomic mass is 9.96. The van der Waals surface area contributed by atoms with Gasteiger partial charge < -0.3 is 28.8 Å². The molecule has 3 aliphatic rings. The maximum Gasteiger partial charge on any atom is 0.190 e. The van der Waals surface area contributed by atoms with Gasteiger partial charge in [0.1, 0.15) is 17.8 Å². The average molecular weight is 246 g/mol. The average Bonchev–Trinajstić information content (AvgIpc) is 2.69. The molecule has 2 unspecified atom stereocenters. The fraction of sp³-hybridized carbons (Fsp3) is 1.00. The van der Waals surface area contributed by atoms with Crippen LogP contribution in [0.3, 0.4) is 0 Å². The van der Waals surface area contributed by atoms with Crippen LogP contribution < -0.4 is 0 Å². The van der Waals surface area contributed by atoms with E-state index in [1.807, 2.05) is 20.8 Å². The second kappa shape index (κ2) is 3.63. The van der Waals surface area contributed by atoms with Crippen LogP contribution in [0.2, 0.25) is 0 Å². The predicted octanol–water partition coefficient (Wildman–Crippen LogP) is -0.0133. The standard InChI is InChI=1S/C11H18O6/c1-6-13-5-11(4-12)8(14-6)7-9(17-11)16-10(2,3)15-7/h6-9,12H,4-5H2,1-3H3/t6?,7?,8-,9+,11+/m0/s1. The van der Waals surface area contributed by atoms with E-state index in [4.69, 9.17) is 23.7 Å². The Balaban J connectivity index is 1.86. The zero-order valence-electron chi connectivity index (χ0n) is 10.2. The summed E-state index contributed by atoms with van der Waals surface area (Å²) in [5, 5.41) is 9.53. The van der Waals surface area contributed by atoms with Crippen LogP contribution >= 0.6 is 0 Å². The number of hydrogen-bond acceptors (Lipinski definition) is 6. The van der Waals surface area contributed by atoms with Crippen LogP contribution in [0.15, 0.2) is 0 Å². The summed E-state index contributed by atoms with van der Waals surface area (Å²) in [6.45, 7) is 5.59. The summed E-state index contributed by atoms with van der Waals surface area (Å²) in [4.78, 5) is 0. The van der Waals surface area contributed by atoms with Crippen molar-refractivity contribution in [2.45, 2.75) is 56.9 Å². The van der Waals surface area contributed by atoms with Gasteiger partial charge in [-0.15, -0.1) is 0 Å². The molecule has 17 heavy (non-hydrogen) atoms. The van der Waals surface area contributed by atoms with E-state index in [-0.39, 0.29) is 31.7 Å². The molecule has 0 bridgehead atoms. The largest absolute Gasteiger partial charge is 0.393 e. The lowest BCUT2D eigenvalue weighted by Crippen LogP contribution is -2.57. The van der Waals surface area contributed by atoms with Gasteiger partial charge in [0.25, 0.3) is 0 Å². The van der Waals surface area contributed by atoms with E-state index in [1.54, 1.807) is 0 Å². The normalized spacial score (nSPS) is 52.2. The molecule has 98 valence electrons. The Bertz CT molecular complexity index is 319. The molecular formula is C11H18O6. The van der Waals surface area contributed by atoms with Gasteiger partial charge in [-0.3, -0.25) is 0 Å². The van der Waals surface area contributed by atoms with Gasteiger partial charge in [0.05, 0.1) is 13.2 Å². The highest BCUT2D eigenvalue weighted by atomic mass is 16.9. The molecule has 0 radical (unpaired) electrons. The monoisotopic (exact) mass is 246 g/mol. The molecule has 3 aliphatic heterocycles. The molecule has 0 spiro atoms. The molecule has 0 aromatic heterocycles. The quantitative estimate of drug-likeness (QED) is 0.701. The van der Waals surface area contributed by atoms with Gasteiger partial charge in [-0.05, 0) is 20.8 Å². The highest BCUT2D eigenvalue weighted by Gasteiger charge is 2.64. The van der Waals surface area contributed by atoms with Crippen LogP contribution in [-0.4, -0.2) is 54.5 Å². The van der Waals surface area contributed by atoms with Crippen molar-refractivity contribution in [1.29, 1.82) is 0 Å². The lowest BCUT2D eigenvalue weighted by molar-refractivity contribution is -0.318. The molecule has 5 atom stereocenters. The molecule has 3 fully saturated rings. The molecule has 0 aliphatic carbocycles. The maximum absolute atomic E-state index is 9.53. The topological polar surface area (TPSA) is 66.4 Å². The second-order valence-corrected chi connectivity index (χ2v) is 5.24. The van der Waals surface area contributed by atoms with Crippen LogP contribution in [0.5, 0.6) is 0 Å². The van der Waals surface area contributed by atoms with Crippen molar-refractivity contribution in [3.8, 4) is 0 Å². The molecule has 0 aromatic rings. The molecule has 0 saturated carbocycles. The summed E-state index contributed by atoms with van der Waals surface area (Å²) in [5.41, 5.74) is -0.863. The van der Waals surface area contributed by atoms with Crippen molar-refractivity contribution in [2.75, 3.05) is 13.2 Å². The summed E-state index contributed by atoms with van der Waals surface area (Å²) < 4.78 is 28.3. The summed E-state index contributed by atoms with van der Waals surface area (Å²) in [5.74, 6) is -0.679. The highest BCUT2D eigenvalue weighted by molar-refractivity contribution is 5.05. The van der Waals surface area contributed by atoms with E-state index < -0.39 is 17.7 Å². The van der Waals surface area contributed by atoms with Gasteiger partial charge in [0, 0.05) is 0 Å². The highest BCUT2D eigenvalue weighted by Crippen LogP contribution is 2.45. The first-order valence-corrected chi connectivity index (χ1v) is 5.87. The fourth-order valence-corrected chi connectivity index (χ4v) is 2.65. The van der Waals surface area contributed by atoms with Crippen molar-refractivity contribution in [3.05, 3.63) is 0 Å². The molecule has 0 amide bonds. The number of ether oxygens (including phenoxy) is 5. The van der Waals surface area contributed by atoms with E-state index >= 15 is 0 Å². The summed E-state index contributed by atoms with van der Waals surface area (Å²) in [7, 11) is 0. The Morgan fingerprint density at radius 1 is 1.24 bits per heavy atom. The number of aliphatic hydroxyl groups excluding tert-OH is 1. The Morgan fingerprint density at radius 2 is 2.00 bits per heavy atom. The van der Waals surface area contributed by atoms with Gasteiger partial charge in [0.15, 0.2) is 18.4 Å². The number of rotatable bonds is 1. The van der Waals surface area contributed by atoms with E-state index in [0.29, 0.717) is 0 Å². The molecule has 0 aromatic carbocycles. The molecule has 6 heteroatoms. The van der Waals surface area contributed by atoms with E-state index in [2.05, 4.69) is 0 Å². The summed E-state index contributed by atoms with van der Waals surface area (Å²) in [6.07, 6.45) is -1.50. The number of fused-ring (bicyclic) bond motifs is 3. The minimum atomic E-state index is -0.863. The van der Waals surface area contributed by atoms with Crippen LogP contribution in [0.25, 0.3) is 0 Å². The molecule has 3 rings (SSSR count). The Kier molecular flexibility index (Phi) is 2.52. The Morgan fingerprint density at radius 3 is 2.71 bits per heavy atom. The maximum atomic E-state index is 9.53. The SMILES string of the molecule is CC1OC[C@@]2(CO)O[C@H]3OC(C)(C)OC3[C@@H]2O1. The first kappa shape index (κ1) is 11.8. The van der Waals surface area contributed by atoms with Crippen LogP contribution in [0.1, 0.15) is 20.8 Å². The first-order chi connectivity index (χ1) is 7.96. The number of aliphatic hydroxyl groups is 1. The van der Waals surface area contributed by atoms with Crippen molar-refractivity contribution < 1.29 is 28.8 Å². The van der Waals surface area contributed by atoms with Gasteiger partial charge in [-0.2, -0.15) is 0 Å². The van der Waals surface area contributed by atoms with Gasteiger partial charge in [0.2, 0.25) is 0 Å². The molecular weight excluding hydrogens is 228 g/mol. The predicted molar refractivity (Wildman–Crippen MR) is 55.0 cm³/mol. The fourth-order valence-electron chi connectivity index (χ4n) is 2.65. The number of hydrogen-bond donors (Lipinski definition) is 1. The van der Waals surface area contributed by atoms with Gasteiger partial charge in [-0.25, -0.2) is 0 Å². The minimum Gasteiger partial charge on any atom is -0.393 e. The van der Waals surface area contributed by atoms with Crippen molar-refractivity contribution in [2.24, 2.45) is 0 Å². The van der Waals surface area contributed by atoms with Gasteiger partial charge in [-0.1, -0.05) is 0 Å².